The van der Waals surface area contributed by atoms with Crippen LogP contribution in [0.2, 0.25) is 10.0 Å². The lowest BCUT2D eigenvalue weighted by molar-refractivity contribution is -0.140. The zero-order valence-corrected chi connectivity index (χ0v) is 24.3. The fraction of sp³-hybridized carbons (Fsp3) is 0.440. The number of nitrogens with zero attached hydrogens (tertiary/aromatic N) is 2. The van der Waals surface area contributed by atoms with Crippen molar-refractivity contribution in [2.24, 2.45) is 0 Å². The highest BCUT2D eigenvalue weighted by atomic mass is 35.5. The maximum Gasteiger partial charge on any atom is 0.244 e. The molecule has 0 saturated carbocycles. The molecule has 0 aliphatic carbocycles. The van der Waals surface area contributed by atoms with E-state index in [1.54, 1.807) is 31.2 Å². The van der Waals surface area contributed by atoms with Crippen LogP contribution in [-0.2, 0) is 26.2 Å². The average Bonchev–Trinajstić information content (AvgIpc) is 2.80. The van der Waals surface area contributed by atoms with Crippen LogP contribution in [0, 0.1) is 0 Å². The van der Waals surface area contributed by atoms with Gasteiger partial charge in [-0.3, -0.25) is 13.9 Å². The third-order valence-corrected chi connectivity index (χ3v) is 7.20. The number of nitrogens with one attached hydrogen (secondary N) is 1. The topological polar surface area (TPSA) is 105 Å². The minimum atomic E-state index is -3.93. The van der Waals surface area contributed by atoms with Crippen LogP contribution in [0.1, 0.15) is 33.3 Å². The number of carbonyl (C=O) groups excluding carboxylic acids is 2. The Kier molecular flexibility index (Phi) is 10.1. The molecule has 0 bridgehead atoms. The van der Waals surface area contributed by atoms with Crippen molar-refractivity contribution < 1.29 is 27.5 Å². The molecule has 0 fully saturated rings. The van der Waals surface area contributed by atoms with Crippen LogP contribution in [0.5, 0.6) is 11.5 Å². The van der Waals surface area contributed by atoms with Crippen LogP contribution in [0.4, 0.5) is 5.69 Å². The van der Waals surface area contributed by atoms with Crippen LogP contribution < -0.4 is 19.1 Å². The van der Waals surface area contributed by atoms with Gasteiger partial charge in [-0.2, -0.15) is 0 Å². The number of ether oxygens (including phenoxy) is 2. The highest BCUT2D eigenvalue weighted by Gasteiger charge is 2.32. The molecular formula is C25H33Cl2N3O6S. The van der Waals surface area contributed by atoms with E-state index in [0.717, 1.165) is 10.6 Å². The van der Waals surface area contributed by atoms with Crippen molar-refractivity contribution in [2.75, 3.05) is 31.3 Å². The summed E-state index contributed by atoms with van der Waals surface area (Å²) < 4.78 is 37.1. The summed E-state index contributed by atoms with van der Waals surface area (Å²) in [4.78, 5) is 28.0. The van der Waals surface area contributed by atoms with Crippen LogP contribution in [0.15, 0.2) is 36.4 Å². The van der Waals surface area contributed by atoms with Crippen molar-refractivity contribution in [3.8, 4) is 11.5 Å². The Morgan fingerprint density at radius 1 is 1.03 bits per heavy atom. The first-order valence-electron chi connectivity index (χ1n) is 11.3. The Bertz CT molecular complexity index is 1250. The number of sulfonamides is 1. The maximum atomic E-state index is 13.7. The second kappa shape index (κ2) is 12.2. The second-order valence-electron chi connectivity index (χ2n) is 9.49. The van der Waals surface area contributed by atoms with Gasteiger partial charge in [0.2, 0.25) is 21.8 Å². The molecule has 0 saturated heterocycles. The monoisotopic (exact) mass is 573 g/mol. The number of rotatable bonds is 10. The molecule has 1 N–H and O–H groups in total. The van der Waals surface area contributed by atoms with Gasteiger partial charge in [0, 0.05) is 18.2 Å². The number of halogens is 2. The molecule has 12 heteroatoms. The van der Waals surface area contributed by atoms with Crippen molar-refractivity contribution in [3.63, 3.8) is 0 Å². The van der Waals surface area contributed by atoms with Crippen molar-refractivity contribution in [2.45, 2.75) is 45.8 Å². The third-order valence-electron chi connectivity index (χ3n) is 5.34. The lowest BCUT2D eigenvalue weighted by Gasteiger charge is -2.33. The molecule has 9 nitrogen and oxygen atoms in total. The first kappa shape index (κ1) is 30.5. The number of hydrogen-bond donors (Lipinski definition) is 1. The summed E-state index contributed by atoms with van der Waals surface area (Å²) in [6, 6.07) is 8.51. The summed E-state index contributed by atoms with van der Waals surface area (Å²) in [5.41, 5.74) is 0.227. The van der Waals surface area contributed by atoms with Gasteiger partial charge in [0.1, 0.15) is 24.1 Å². The molecule has 2 amide bonds. The van der Waals surface area contributed by atoms with Gasteiger partial charge in [0.15, 0.2) is 0 Å². The molecule has 37 heavy (non-hydrogen) atoms. The number of anilines is 1. The highest BCUT2D eigenvalue weighted by molar-refractivity contribution is 7.92. The smallest absolute Gasteiger partial charge is 0.244 e. The predicted molar refractivity (Wildman–Crippen MR) is 146 cm³/mol. The molecule has 0 radical (unpaired) electrons. The van der Waals surface area contributed by atoms with Gasteiger partial charge in [-0.15, -0.1) is 0 Å². The van der Waals surface area contributed by atoms with E-state index >= 15 is 0 Å². The average molecular weight is 575 g/mol. The van der Waals surface area contributed by atoms with E-state index in [1.165, 1.54) is 31.3 Å². The van der Waals surface area contributed by atoms with Crippen molar-refractivity contribution in [3.05, 3.63) is 52.0 Å². The van der Waals surface area contributed by atoms with Crippen LogP contribution in [0.25, 0.3) is 0 Å². The Morgan fingerprint density at radius 3 is 2.19 bits per heavy atom. The third kappa shape index (κ3) is 8.41. The first-order valence-corrected chi connectivity index (χ1v) is 13.9. The lowest BCUT2D eigenvalue weighted by Crippen LogP contribution is -2.54. The molecule has 0 aromatic heterocycles. The minimum Gasteiger partial charge on any atom is -0.497 e. The summed E-state index contributed by atoms with van der Waals surface area (Å²) in [7, 11) is -1.08. The molecule has 2 aromatic carbocycles. The van der Waals surface area contributed by atoms with Crippen molar-refractivity contribution >= 4 is 50.7 Å². The van der Waals surface area contributed by atoms with Crippen molar-refractivity contribution in [1.82, 2.24) is 10.2 Å². The fourth-order valence-corrected chi connectivity index (χ4v) is 4.65. The Balaban J connectivity index is 2.50. The molecule has 204 valence electrons. The van der Waals surface area contributed by atoms with Gasteiger partial charge >= 0.3 is 0 Å². The fourth-order valence-electron chi connectivity index (χ4n) is 3.48. The molecule has 0 unspecified atom stereocenters. The molecule has 0 heterocycles. The van der Waals surface area contributed by atoms with E-state index in [2.05, 4.69) is 5.32 Å². The minimum absolute atomic E-state index is 0.00813. The summed E-state index contributed by atoms with van der Waals surface area (Å²) >= 11 is 12.2. The van der Waals surface area contributed by atoms with Crippen molar-refractivity contribution in [1.29, 1.82) is 0 Å². The number of methoxy groups -OCH3 is 2. The lowest BCUT2D eigenvalue weighted by atomic mass is 10.1. The molecule has 0 aliphatic heterocycles. The van der Waals surface area contributed by atoms with E-state index in [-0.39, 0.29) is 18.0 Å². The van der Waals surface area contributed by atoms with Crippen LogP contribution in [-0.4, -0.2) is 63.7 Å². The predicted octanol–water partition coefficient (Wildman–Crippen LogP) is 4.11. The number of hydrogen-bond acceptors (Lipinski definition) is 6. The number of carbonyl (C=O) groups is 2. The van der Waals surface area contributed by atoms with Gasteiger partial charge in [-0.05, 0) is 57.5 Å². The van der Waals surface area contributed by atoms with Gasteiger partial charge in [0.25, 0.3) is 0 Å². The Morgan fingerprint density at radius 2 is 1.68 bits per heavy atom. The van der Waals surface area contributed by atoms with E-state index in [4.69, 9.17) is 32.7 Å². The maximum absolute atomic E-state index is 13.7. The SMILES string of the molecule is COc1ccc(N(CC(=O)N(Cc2ccc(Cl)c(Cl)c2)[C@H](C)C(=O)NC(C)(C)C)S(C)(=O)=O)c(OC)c1. The second-order valence-corrected chi connectivity index (χ2v) is 12.2. The molecule has 0 aliphatic rings. The summed E-state index contributed by atoms with van der Waals surface area (Å²) in [5, 5.41) is 3.50. The number of amides is 2. The standard InChI is InChI=1S/C25H33Cl2N3O6S/c1-16(24(32)28-25(2,3)4)29(14-17-8-10-19(26)20(27)12-17)23(31)15-30(37(7,33)34)21-11-9-18(35-5)13-22(21)36-6/h8-13,16H,14-15H2,1-7H3,(H,28,32)/t16-/m1/s1. The largest absolute Gasteiger partial charge is 0.497 e. The van der Waals surface area contributed by atoms with E-state index in [0.29, 0.717) is 21.4 Å². The molecular weight excluding hydrogens is 541 g/mol. The molecule has 2 rings (SSSR count). The first-order chi connectivity index (χ1) is 17.1. The van der Waals surface area contributed by atoms with E-state index in [1.807, 2.05) is 20.8 Å². The number of benzene rings is 2. The summed E-state index contributed by atoms with van der Waals surface area (Å²) in [6.45, 7) is 6.47. The van der Waals surface area contributed by atoms with Crippen LogP contribution >= 0.6 is 23.2 Å². The normalized spacial score (nSPS) is 12.5. The zero-order valence-electron chi connectivity index (χ0n) is 22.0. The van der Waals surface area contributed by atoms with Gasteiger partial charge in [-0.25, -0.2) is 8.42 Å². The van der Waals surface area contributed by atoms with Gasteiger partial charge < -0.3 is 19.7 Å². The van der Waals surface area contributed by atoms with E-state index < -0.39 is 40.0 Å². The van der Waals surface area contributed by atoms with Crippen LogP contribution in [0.3, 0.4) is 0 Å². The quantitative estimate of drug-likeness (QED) is 0.458. The Hall–Kier alpha value is -2.69. The molecule has 1 atom stereocenters. The highest BCUT2D eigenvalue weighted by Crippen LogP contribution is 2.34. The van der Waals surface area contributed by atoms with Gasteiger partial charge in [-0.1, -0.05) is 29.3 Å². The van der Waals surface area contributed by atoms with Gasteiger partial charge in [0.05, 0.1) is 36.2 Å². The Labute approximate surface area is 228 Å². The molecule has 2 aromatic rings. The summed E-state index contributed by atoms with van der Waals surface area (Å²) in [6.07, 6.45) is 0.989. The van der Waals surface area contributed by atoms with E-state index in [9.17, 15) is 18.0 Å². The zero-order chi connectivity index (χ0) is 28.1. The molecule has 0 spiro atoms. The summed E-state index contributed by atoms with van der Waals surface area (Å²) in [5.74, 6) is -0.346.